The summed E-state index contributed by atoms with van der Waals surface area (Å²) in [6.07, 6.45) is 5.36. The van der Waals surface area contributed by atoms with E-state index in [4.69, 9.17) is 0 Å². The van der Waals surface area contributed by atoms with Crippen molar-refractivity contribution in [2.75, 3.05) is 9.80 Å². The minimum Gasteiger partial charge on any atom is -0.340 e. The third kappa shape index (κ3) is 7.31. The Morgan fingerprint density at radius 3 is 1.44 bits per heavy atom. The summed E-state index contributed by atoms with van der Waals surface area (Å²) in [5.74, 6) is -0.114. The van der Waals surface area contributed by atoms with Gasteiger partial charge in [-0.1, -0.05) is 110 Å². The number of fused-ring (bicyclic) bond motifs is 6. The van der Waals surface area contributed by atoms with Crippen LogP contribution in [0.3, 0.4) is 0 Å². The maximum Gasteiger partial charge on any atom is 0.123 e. The van der Waals surface area contributed by atoms with Gasteiger partial charge in [-0.3, -0.25) is 0 Å². The van der Waals surface area contributed by atoms with E-state index in [1.165, 1.54) is 33.9 Å². The van der Waals surface area contributed by atoms with E-state index < -0.39 is 0 Å². The van der Waals surface area contributed by atoms with Crippen LogP contribution >= 0.6 is 0 Å². The average Bonchev–Trinajstić information content (AvgIpc) is 3.88. The largest absolute Gasteiger partial charge is 0.340 e. The fourth-order valence-electron chi connectivity index (χ4n) is 10.3. The quantitative estimate of drug-likeness (QED) is 0.136. The number of anilines is 6. The molecule has 2 unspecified atom stereocenters. The van der Waals surface area contributed by atoms with Crippen molar-refractivity contribution >= 4 is 77.7 Å². The highest BCUT2D eigenvalue weighted by Crippen LogP contribution is 2.43. The average molecular weight is 885 g/mol. The lowest BCUT2D eigenvalue weighted by atomic mass is 9.89. The Labute approximate surface area is 394 Å². The molecule has 1 aliphatic rings. The van der Waals surface area contributed by atoms with E-state index in [-0.39, 0.29) is 23.5 Å². The van der Waals surface area contributed by atoms with Crippen LogP contribution in [0.2, 0.25) is 0 Å². The Kier molecular flexibility index (Phi) is 10.3. The molecule has 0 bridgehead atoms. The van der Waals surface area contributed by atoms with E-state index in [0.717, 1.165) is 79.3 Å². The van der Waals surface area contributed by atoms with Gasteiger partial charge in [-0.05, 0) is 151 Å². The molecule has 0 aliphatic heterocycles. The number of rotatable bonds is 10. The maximum atomic E-state index is 14.1. The van der Waals surface area contributed by atoms with Crippen LogP contribution in [0.25, 0.3) is 60.4 Å². The molecule has 0 spiro atoms. The Morgan fingerprint density at radius 1 is 0.426 bits per heavy atom. The number of benzene rings is 9. The SMILES string of the molecule is CC1C=C(F)C=CC1Cn1c2ccccc2c2cc(N(c3ccccc3)c3ccc(-c4ccc(N(c5ccccc5)c5ccc6c(c5)c5ccccc5n6-c5ccc(F)cc5)cc4)cc3)ccc21. The fourth-order valence-corrected chi connectivity index (χ4v) is 10.3. The van der Waals surface area contributed by atoms with E-state index in [0.29, 0.717) is 0 Å². The van der Waals surface area contributed by atoms with Crippen LogP contribution < -0.4 is 9.80 Å². The molecule has 328 valence electrons. The molecule has 4 nitrogen and oxygen atoms in total. The van der Waals surface area contributed by atoms with Crippen molar-refractivity contribution < 1.29 is 8.78 Å². The first-order valence-electron chi connectivity index (χ1n) is 23.2. The zero-order valence-electron chi connectivity index (χ0n) is 37.4. The second kappa shape index (κ2) is 17.1. The van der Waals surface area contributed by atoms with Gasteiger partial charge in [-0.15, -0.1) is 0 Å². The molecule has 0 N–H and O–H groups in total. The van der Waals surface area contributed by atoms with Gasteiger partial charge in [0.25, 0.3) is 0 Å². The molecule has 9 aromatic carbocycles. The maximum absolute atomic E-state index is 14.1. The smallest absolute Gasteiger partial charge is 0.123 e. The van der Waals surface area contributed by atoms with Gasteiger partial charge >= 0.3 is 0 Å². The summed E-state index contributed by atoms with van der Waals surface area (Å²) in [4.78, 5) is 4.62. The van der Waals surface area contributed by atoms with Crippen molar-refractivity contribution in [3.8, 4) is 16.8 Å². The molecule has 0 amide bonds. The van der Waals surface area contributed by atoms with Crippen molar-refractivity contribution in [2.24, 2.45) is 11.8 Å². The van der Waals surface area contributed by atoms with E-state index in [1.807, 2.05) is 24.3 Å². The summed E-state index contributed by atoms with van der Waals surface area (Å²) in [5.41, 5.74) is 14.0. The number of allylic oxidation sites excluding steroid dienone is 4. The predicted octanol–water partition coefficient (Wildman–Crippen LogP) is 17.3. The third-order valence-corrected chi connectivity index (χ3v) is 13.6. The number of halogens is 2. The van der Waals surface area contributed by atoms with Crippen LogP contribution in [-0.4, -0.2) is 9.13 Å². The van der Waals surface area contributed by atoms with E-state index in [1.54, 1.807) is 12.2 Å². The lowest BCUT2D eigenvalue weighted by Crippen LogP contribution is -2.17. The number of hydrogen-bond acceptors (Lipinski definition) is 2. The summed E-state index contributed by atoms with van der Waals surface area (Å²) < 4.78 is 32.7. The highest BCUT2D eigenvalue weighted by atomic mass is 19.1. The molecular weight excluding hydrogens is 839 g/mol. The summed E-state index contributed by atoms with van der Waals surface area (Å²) in [6, 6.07) is 75.8. The van der Waals surface area contributed by atoms with Crippen molar-refractivity contribution in [3.05, 3.63) is 248 Å². The number of nitrogens with zero attached hydrogens (tertiary/aromatic N) is 4. The summed E-state index contributed by atoms with van der Waals surface area (Å²) in [5, 5.41) is 4.64. The van der Waals surface area contributed by atoms with Gasteiger partial charge in [0.1, 0.15) is 11.6 Å². The molecule has 68 heavy (non-hydrogen) atoms. The number of para-hydroxylation sites is 4. The minimum absolute atomic E-state index is 0.104. The molecule has 0 saturated carbocycles. The summed E-state index contributed by atoms with van der Waals surface area (Å²) in [7, 11) is 0. The highest BCUT2D eigenvalue weighted by molar-refractivity contribution is 6.11. The van der Waals surface area contributed by atoms with Gasteiger partial charge in [0.2, 0.25) is 0 Å². The van der Waals surface area contributed by atoms with Gasteiger partial charge in [-0.25, -0.2) is 8.78 Å². The van der Waals surface area contributed by atoms with Gasteiger partial charge < -0.3 is 18.9 Å². The van der Waals surface area contributed by atoms with Crippen LogP contribution in [0.15, 0.2) is 242 Å². The molecule has 0 saturated heterocycles. The first-order valence-corrected chi connectivity index (χ1v) is 23.2. The van der Waals surface area contributed by atoms with Crippen LogP contribution in [-0.2, 0) is 6.54 Å². The summed E-state index contributed by atoms with van der Waals surface area (Å²) in [6.45, 7) is 2.86. The molecule has 11 aromatic rings. The Balaban J connectivity index is 0.881. The van der Waals surface area contributed by atoms with Crippen molar-refractivity contribution in [1.29, 1.82) is 0 Å². The zero-order chi connectivity index (χ0) is 45.7. The Hall–Kier alpha value is -8.48. The third-order valence-electron chi connectivity index (χ3n) is 13.6. The Bertz CT molecular complexity index is 3680. The van der Waals surface area contributed by atoms with E-state index in [2.05, 4.69) is 214 Å². The van der Waals surface area contributed by atoms with Crippen molar-refractivity contribution in [3.63, 3.8) is 0 Å². The highest BCUT2D eigenvalue weighted by Gasteiger charge is 2.23. The standard InChI is InChI=1S/C62H46F2N4/c1-42-38-47(64)25-20-45(42)41-65-59-18-10-8-16-55(59)57-39-53(34-36-60(57)65)66(48-12-4-2-5-13-48)50-28-21-43(22-29-50)44-23-30-51(31-24-44)67(49-14-6-3-7-15-49)54-35-37-62-58(40-54)56-17-9-11-19-61(56)68(62)52-32-26-46(63)27-33-52/h2-40,42,45H,41H2,1H3. The first kappa shape index (κ1) is 41.0. The second-order valence-electron chi connectivity index (χ2n) is 17.7. The van der Waals surface area contributed by atoms with Gasteiger partial charge in [0.05, 0.1) is 11.0 Å². The molecule has 1 aliphatic carbocycles. The molecule has 0 fully saturated rings. The van der Waals surface area contributed by atoms with Crippen molar-refractivity contribution in [1.82, 2.24) is 9.13 Å². The van der Waals surface area contributed by atoms with Gasteiger partial charge in [0.15, 0.2) is 0 Å². The lowest BCUT2D eigenvalue weighted by molar-refractivity contribution is 0.434. The molecule has 2 atom stereocenters. The molecular formula is C62H46F2N4. The minimum atomic E-state index is -0.253. The molecule has 6 heteroatoms. The second-order valence-corrected chi connectivity index (χ2v) is 17.7. The monoisotopic (exact) mass is 884 g/mol. The lowest BCUT2D eigenvalue weighted by Gasteiger charge is -2.26. The van der Waals surface area contributed by atoms with Crippen LogP contribution in [0.1, 0.15) is 6.92 Å². The zero-order valence-corrected chi connectivity index (χ0v) is 37.4. The topological polar surface area (TPSA) is 16.3 Å². The summed E-state index contributed by atoms with van der Waals surface area (Å²) >= 11 is 0. The van der Waals surface area contributed by atoms with Crippen LogP contribution in [0.5, 0.6) is 0 Å². The van der Waals surface area contributed by atoms with Crippen LogP contribution in [0, 0.1) is 17.7 Å². The van der Waals surface area contributed by atoms with E-state index in [9.17, 15) is 8.78 Å². The molecule has 2 heterocycles. The molecule has 2 aromatic heterocycles. The normalized spacial score (nSPS) is 14.8. The Morgan fingerprint density at radius 2 is 0.868 bits per heavy atom. The molecule has 0 radical (unpaired) electrons. The van der Waals surface area contributed by atoms with Crippen LogP contribution in [0.4, 0.5) is 42.9 Å². The van der Waals surface area contributed by atoms with E-state index >= 15 is 0 Å². The van der Waals surface area contributed by atoms with Crippen molar-refractivity contribution in [2.45, 2.75) is 13.5 Å². The van der Waals surface area contributed by atoms with Gasteiger partial charge in [0, 0.05) is 84.9 Å². The predicted molar refractivity (Wildman–Crippen MR) is 280 cm³/mol. The van der Waals surface area contributed by atoms with Gasteiger partial charge in [-0.2, -0.15) is 0 Å². The molecule has 12 rings (SSSR count). The fraction of sp³-hybridized carbons (Fsp3) is 0.0645. The number of hydrogen-bond donors (Lipinski definition) is 0. The first-order chi connectivity index (χ1) is 33.4. The number of aromatic nitrogens is 2.